The van der Waals surface area contributed by atoms with Gasteiger partial charge in [-0.3, -0.25) is 0 Å². The van der Waals surface area contributed by atoms with Gasteiger partial charge in [0.2, 0.25) is 0 Å². The highest BCUT2D eigenvalue weighted by atomic mass is 32.2. The molecule has 10 heteroatoms. The molecule has 2 heterocycles. The Kier molecular flexibility index (Phi) is 7.87. The number of aryl methyl sites for hydroxylation is 1. The Morgan fingerprint density at radius 1 is 1.28 bits per heavy atom. The Morgan fingerprint density at radius 3 is 2.67 bits per heavy atom. The number of hydrogen-bond acceptors (Lipinski definition) is 7. The number of halogens is 3. The van der Waals surface area contributed by atoms with Gasteiger partial charge in [-0.05, 0) is 51.3 Å². The third-order valence-corrected chi connectivity index (χ3v) is 9.25. The van der Waals surface area contributed by atoms with Gasteiger partial charge in [0.25, 0.3) is 0 Å². The molecular weight excluding hydrogens is 511 g/mol. The number of methoxy groups -OCH3 is 1. The summed E-state index contributed by atoms with van der Waals surface area (Å²) >= 11 is 3.23. The number of thioether (sulfide) groups is 1. The van der Waals surface area contributed by atoms with Crippen molar-refractivity contribution in [2.45, 2.75) is 56.4 Å². The van der Waals surface area contributed by atoms with Crippen LogP contribution in [0.15, 0.2) is 47.2 Å². The zero-order valence-electron chi connectivity index (χ0n) is 20.5. The number of allylic oxidation sites excluding steroid dienone is 1. The molecule has 1 aromatic heterocycles. The Morgan fingerprint density at radius 2 is 2.00 bits per heavy atom. The van der Waals surface area contributed by atoms with E-state index in [2.05, 4.69) is 18.0 Å². The number of carbonyl (C=O) groups excluding carboxylic acids is 1. The van der Waals surface area contributed by atoms with Gasteiger partial charge in [-0.2, -0.15) is 13.2 Å². The summed E-state index contributed by atoms with van der Waals surface area (Å²) < 4.78 is 55.6. The molecule has 4 rings (SSSR count). The first kappa shape index (κ1) is 26.8. The van der Waals surface area contributed by atoms with Gasteiger partial charge in [0, 0.05) is 28.4 Å². The summed E-state index contributed by atoms with van der Waals surface area (Å²) in [7, 11) is 1.33. The molecule has 2 unspecified atom stereocenters. The lowest BCUT2D eigenvalue weighted by Gasteiger charge is -2.44. The van der Waals surface area contributed by atoms with Crippen molar-refractivity contribution in [3.8, 4) is 10.6 Å². The Bertz CT molecular complexity index is 1190. The van der Waals surface area contributed by atoms with Crippen molar-refractivity contribution in [2.24, 2.45) is 0 Å². The van der Waals surface area contributed by atoms with Gasteiger partial charge in [0.1, 0.15) is 16.4 Å². The van der Waals surface area contributed by atoms with E-state index in [-0.39, 0.29) is 11.9 Å². The maximum atomic E-state index is 12.9. The molecule has 1 aliphatic carbocycles. The monoisotopic (exact) mass is 539 g/mol. The first-order chi connectivity index (χ1) is 17.0. The number of alkyl halides is 3. The van der Waals surface area contributed by atoms with Gasteiger partial charge < -0.3 is 14.2 Å². The molecule has 1 saturated heterocycles. The highest BCUT2D eigenvalue weighted by molar-refractivity contribution is 7.99. The predicted molar refractivity (Wildman–Crippen MR) is 135 cm³/mol. The molecule has 194 valence electrons. The second kappa shape index (κ2) is 10.6. The van der Waals surface area contributed by atoms with E-state index in [0.717, 1.165) is 46.7 Å². The number of benzene rings is 1. The topological polar surface area (TPSA) is 57.7 Å². The van der Waals surface area contributed by atoms with Crippen LogP contribution in [0.25, 0.3) is 10.6 Å². The number of thiazole rings is 1. The molecule has 0 N–H and O–H groups in total. The molecule has 0 bridgehead atoms. The van der Waals surface area contributed by atoms with Crippen LogP contribution in [0.4, 0.5) is 13.2 Å². The molecule has 2 aliphatic rings. The number of nitrogens with zero attached hydrogens (tertiary/aromatic N) is 1. The second-order valence-electron chi connectivity index (χ2n) is 8.92. The van der Waals surface area contributed by atoms with Crippen LogP contribution in [0, 0.1) is 6.92 Å². The summed E-state index contributed by atoms with van der Waals surface area (Å²) in [6.45, 7) is 6.46. The highest BCUT2D eigenvalue weighted by Gasteiger charge is 2.45. The van der Waals surface area contributed by atoms with Gasteiger partial charge >= 0.3 is 12.1 Å². The molecule has 0 radical (unpaired) electrons. The molecule has 36 heavy (non-hydrogen) atoms. The molecule has 5 nitrogen and oxygen atoms in total. The molecule has 1 fully saturated rings. The van der Waals surface area contributed by atoms with Crippen molar-refractivity contribution in [2.75, 3.05) is 20.3 Å². The zero-order chi connectivity index (χ0) is 26.1. The third-order valence-electron chi connectivity index (χ3n) is 6.46. The fraction of sp³-hybridized carbons (Fsp3) is 0.462. The van der Waals surface area contributed by atoms with Crippen LogP contribution in [0.1, 0.15) is 42.8 Å². The number of ether oxygens (including phenoxy) is 3. The fourth-order valence-electron chi connectivity index (χ4n) is 4.41. The molecular formula is C26H28F3NO4S2. The average Bonchev–Trinajstić information content (AvgIpc) is 3.22. The van der Waals surface area contributed by atoms with Gasteiger partial charge in [0.15, 0.2) is 6.61 Å². The summed E-state index contributed by atoms with van der Waals surface area (Å²) in [6, 6.07) is 5.11. The number of carbonyl (C=O) groups is 1. The lowest BCUT2D eigenvalue weighted by Crippen LogP contribution is -2.47. The third kappa shape index (κ3) is 5.50. The van der Waals surface area contributed by atoms with Crippen LogP contribution < -0.4 is 0 Å². The number of esters is 1. The van der Waals surface area contributed by atoms with Crippen molar-refractivity contribution in [3.63, 3.8) is 0 Å². The van der Waals surface area contributed by atoms with E-state index in [0.29, 0.717) is 28.7 Å². The van der Waals surface area contributed by atoms with E-state index in [1.54, 1.807) is 11.8 Å². The maximum absolute atomic E-state index is 12.9. The molecule has 0 spiro atoms. The Labute approximate surface area is 216 Å². The largest absolute Gasteiger partial charge is 0.482 e. The number of aromatic nitrogens is 1. The van der Waals surface area contributed by atoms with Crippen molar-refractivity contribution in [1.82, 2.24) is 4.98 Å². The van der Waals surface area contributed by atoms with E-state index in [1.165, 1.54) is 30.6 Å². The molecule has 0 amide bonds. The normalized spacial score (nSPS) is 22.2. The predicted octanol–water partition coefficient (Wildman–Crippen LogP) is 6.71. The molecule has 2 atom stereocenters. The van der Waals surface area contributed by atoms with Gasteiger partial charge in [-0.25, -0.2) is 9.78 Å². The molecule has 1 aliphatic heterocycles. The molecule has 1 aromatic carbocycles. The lowest BCUT2D eigenvalue weighted by molar-refractivity contribution is -0.144. The standard InChI is InChI=1S/C26H28F3NO4S2/c1-15-12-21(25(3)19(6-5-11-34-25)23(15)33-13-22(31)32-4)35-14-20-16(2)30-24(36-20)17-7-9-18(10-8-17)26(27,28)29/h7-10,12,21H,5-6,11,13-14H2,1-4H3. The first-order valence-electron chi connectivity index (χ1n) is 11.5. The number of fused-ring (bicyclic) bond motifs is 1. The van der Waals surface area contributed by atoms with E-state index in [1.807, 2.05) is 13.8 Å². The van der Waals surface area contributed by atoms with Gasteiger partial charge in [0.05, 0.1) is 23.6 Å². The maximum Gasteiger partial charge on any atom is 0.416 e. The quantitative estimate of drug-likeness (QED) is 0.365. The second-order valence-corrected chi connectivity index (χ2v) is 11.1. The zero-order valence-corrected chi connectivity index (χ0v) is 22.2. The summed E-state index contributed by atoms with van der Waals surface area (Å²) in [4.78, 5) is 17.3. The van der Waals surface area contributed by atoms with E-state index in [9.17, 15) is 18.0 Å². The van der Waals surface area contributed by atoms with E-state index >= 15 is 0 Å². The van der Waals surface area contributed by atoms with Gasteiger partial charge in [-0.1, -0.05) is 18.2 Å². The Balaban J connectivity index is 1.51. The summed E-state index contributed by atoms with van der Waals surface area (Å²) in [5, 5.41) is 0.723. The van der Waals surface area contributed by atoms with Gasteiger partial charge in [-0.15, -0.1) is 23.1 Å². The fourth-order valence-corrected chi connectivity index (χ4v) is 7.08. The minimum atomic E-state index is -4.36. The van der Waals surface area contributed by atoms with Crippen LogP contribution >= 0.6 is 23.1 Å². The molecule has 0 saturated carbocycles. The van der Waals surface area contributed by atoms with Crippen molar-refractivity contribution >= 4 is 29.1 Å². The highest BCUT2D eigenvalue weighted by Crippen LogP contribution is 2.47. The van der Waals surface area contributed by atoms with Crippen LogP contribution in [0.2, 0.25) is 0 Å². The number of rotatable bonds is 7. The molecule has 2 aromatic rings. The smallest absolute Gasteiger partial charge is 0.416 e. The van der Waals surface area contributed by atoms with E-state index in [4.69, 9.17) is 14.2 Å². The van der Waals surface area contributed by atoms with Crippen LogP contribution in [0.5, 0.6) is 0 Å². The minimum absolute atomic E-state index is 0.0225. The SMILES string of the molecule is COC(=O)COC1=C2CCCOC2(C)C(SCc2sc(-c3ccc(C(F)(F)F)cc3)nc2C)C=C1C. The van der Waals surface area contributed by atoms with Crippen molar-refractivity contribution in [3.05, 3.63) is 63.4 Å². The number of hydrogen-bond donors (Lipinski definition) is 0. The van der Waals surface area contributed by atoms with Crippen LogP contribution in [-0.2, 0) is 30.9 Å². The first-order valence-corrected chi connectivity index (χ1v) is 13.4. The Hall–Kier alpha value is -2.30. The van der Waals surface area contributed by atoms with E-state index < -0.39 is 23.3 Å². The summed E-state index contributed by atoms with van der Waals surface area (Å²) in [6.07, 6.45) is -0.531. The minimum Gasteiger partial charge on any atom is -0.482 e. The average molecular weight is 540 g/mol. The summed E-state index contributed by atoms with van der Waals surface area (Å²) in [5.41, 5.74) is 2.31. The van der Waals surface area contributed by atoms with Crippen molar-refractivity contribution in [1.29, 1.82) is 0 Å². The summed E-state index contributed by atoms with van der Waals surface area (Å²) in [5.74, 6) is 0.955. The lowest BCUT2D eigenvalue weighted by atomic mass is 9.80. The van der Waals surface area contributed by atoms with Crippen molar-refractivity contribution < 1.29 is 32.2 Å². The van der Waals surface area contributed by atoms with Crippen LogP contribution in [0.3, 0.4) is 0 Å². The van der Waals surface area contributed by atoms with Crippen LogP contribution in [-0.4, -0.2) is 42.1 Å².